The van der Waals surface area contributed by atoms with Gasteiger partial charge in [-0.3, -0.25) is 10.7 Å². The highest BCUT2D eigenvalue weighted by Crippen LogP contribution is 2.20. The van der Waals surface area contributed by atoms with Crippen molar-refractivity contribution < 1.29 is 23.8 Å². The van der Waals surface area contributed by atoms with Crippen LogP contribution < -0.4 is 15.5 Å². The van der Waals surface area contributed by atoms with Crippen LogP contribution in [0, 0.1) is 12.7 Å². The monoisotopic (exact) mass is 364 g/mol. The summed E-state index contributed by atoms with van der Waals surface area (Å²) in [5.41, 5.74) is 2.74. The van der Waals surface area contributed by atoms with Gasteiger partial charge in [-0.1, -0.05) is 0 Å². The number of halogens is 1. The Kier molecular flexibility index (Phi) is 5.27. The maximum atomic E-state index is 13.3. The van der Waals surface area contributed by atoms with Crippen molar-refractivity contribution in [2.24, 2.45) is 4.99 Å². The zero-order chi connectivity index (χ0) is 18.5. The number of carbonyl (C=O) groups is 1. The summed E-state index contributed by atoms with van der Waals surface area (Å²) in [6.45, 7) is 3.30. The van der Waals surface area contributed by atoms with E-state index in [-0.39, 0.29) is 35.9 Å². The fourth-order valence-electron chi connectivity index (χ4n) is 2.36. The highest BCUT2D eigenvalue weighted by molar-refractivity contribution is 5.99. The van der Waals surface area contributed by atoms with Crippen LogP contribution in [0.1, 0.15) is 11.3 Å². The Hall–Kier alpha value is -3.21. The fraction of sp³-hybridized carbons (Fsp3) is 0.333. The number of benzene rings is 1. The number of aliphatic imine (C=N–C) groups is 1. The predicted octanol–water partition coefficient (Wildman–Crippen LogP) is 0.978. The quantitative estimate of drug-likeness (QED) is 0.396. The number of aromatic nitrogens is 2. The molecule has 138 valence electrons. The van der Waals surface area contributed by atoms with E-state index in [1.54, 1.807) is 11.8 Å². The van der Waals surface area contributed by atoms with E-state index >= 15 is 0 Å². The number of carbonyl (C=O) groups excluding carboxylic acids is 1. The first kappa shape index (κ1) is 17.6. The molecule has 10 nitrogen and oxygen atoms in total. The summed E-state index contributed by atoms with van der Waals surface area (Å²) in [5.74, 6) is -0.435. The first-order valence-corrected chi connectivity index (χ1v) is 7.82. The third kappa shape index (κ3) is 3.88. The Bertz CT molecular complexity index is 824. The molecule has 1 aliphatic heterocycles. The smallest absolute Gasteiger partial charge is 0.317 e. The number of nitrogens with one attached hydrogen (secondary N) is 2. The van der Waals surface area contributed by atoms with Crippen LogP contribution in [0.2, 0.25) is 0 Å². The molecule has 1 aliphatic rings. The molecule has 11 heteroatoms. The first-order chi connectivity index (χ1) is 12.6. The number of amidine groups is 1. The molecule has 1 aromatic heterocycles. The molecule has 0 spiro atoms. The summed E-state index contributed by atoms with van der Waals surface area (Å²) in [6, 6.07) is 4.06. The second-order valence-corrected chi connectivity index (χ2v) is 5.49. The second-order valence-electron chi connectivity index (χ2n) is 5.49. The maximum absolute atomic E-state index is 13.3. The van der Waals surface area contributed by atoms with Gasteiger partial charge in [0.1, 0.15) is 12.4 Å². The SMILES string of the molecule is Cc1cc(N=C(NO)c2nonc2OCCN2CCNC2=O)ccc1F. The molecule has 2 heterocycles. The Morgan fingerprint density at radius 3 is 3.08 bits per heavy atom. The molecule has 0 unspecified atom stereocenters. The standard InChI is InChI=1S/C15H17FN6O4/c1-9-8-10(2-3-11(9)16)18-13(19-24)12-14(21-26-20-12)25-7-6-22-5-4-17-15(22)23/h2-3,8,24H,4-7H2,1H3,(H,17,23)(H,18,19). The molecule has 2 amide bonds. The molecule has 2 aromatic rings. The Balaban J connectivity index is 1.71. The Labute approximate surface area is 147 Å². The number of aryl methyl sites for hydroxylation is 1. The van der Waals surface area contributed by atoms with Crippen molar-refractivity contribution in [2.75, 3.05) is 26.2 Å². The zero-order valence-corrected chi connectivity index (χ0v) is 13.9. The molecule has 1 saturated heterocycles. The largest absolute Gasteiger partial charge is 0.472 e. The zero-order valence-electron chi connectivity index (χ0n) is 13.9. The number of amides is 2. The van der Waals surface area contributed by atoms with Gasteiger partial charge in [-0.05, 0) is 41.0 Å². The summed E-state index contributed by atoms with van der Waals surface area (Å²) >= 11 is 0. The number of nitrogens with zero attached hydrogens (tertiary/aromatic N) is 4. The topological polar surface area (TPSA) is 125 Å². The van der Waals surface area contributed by atoms with E-state index in [2.05, 4.69) is 25.3 Å². The second kappa shape index (κ2) is 7.78. The summed E-state index contributed by atoms with van der Waals surface area (Å²) in [6.07, 6.45) is 0. The van der Waals surface area contributed by atoms with E-state index in [1.165, 1.54) is 18.2 Å². The number of urea groups is 1. The molecule has 0 bridgehead atoms. The van der Waals surface area contributed by atoms with Crippen molar-refractivity contribution in [2.45, 2.75) is 6.92 Å². The van der Waals surface area contributed by atoms with Crippen molar-refractivity contribution in [1.82, 2.24) is 26.0 Å². The predicted molar refractivity (Wildman–Crippen MR) is 87.0 cm³/mol. The van der Waals surface area contributed by atoms with E-state index in [9.17, 15) is 14.4 Å². The lowest BCUT2D eigenvalue weighted by Gasteiger charge is -2.13. The molecule has 3 N–H and O–H groups in total. The average Bonchev–Trinajstić information content (AvgIpc) is 3.25. The van der Waals surface area contributed by atoms with Gasteiger partial charge in [0.15, 0.2) is 5.84 Å². The average molecular weight is 364 g/mol. The number of ether oxygens (including phenoxy) is 1. The summed E-state index contributed by atoms with van der Waals surface area (Å²) in [7, 11) is 0. The van der Waals surface area contributed by atoms with Gasteiger partial charge >= 0.3 is 6.03 Å². The summed E-state index contributed by atoms with van der Waals surface area (Å²) < 4.78 is 23.5. The van der Waals surface area contributed by atoms with Crippen LogP contribution in [0.5, 0.6) is 5.88 Å². The first-order valence-electron chi connectivity index (χ1n) is 7.82. The van der Waals surface area contributed by atoms with Crippen LogP contribution >= 0.6 is 0 Å². The van der Waals surface area contributed by atoms with Crippen molar-refractivity contribution in [3.05, 3.63) is 35.3 Å². The molecule has 1 aromatic carbocycles. The van der Waals surface area contributed by atoms with Gasteiger partial charge in [0.2, 0.25) is 5.69 Å². The van der Waals surface area contributed by atoms with Gasteiger partial charge < -0.3 is 15.0 Å². The molecule has 0 radical (unpaired) electrons. The normalized spacial score (nSPS) is 14.5. The van der Waals surface area contributed by atoms with E-state index < -0.39 is 0 Å². The van der Waals surface area contributed by atoms with Crippen LogP contribution in [0.15, 0.2) is 27.8 Å². The fourth-order valence-corrected chi connectivity index (χ4v) is 2.36. The third-order valence-electron chi connectivity index (χ3n) is 3.72. The van der Waals surface area contributed by atoms with Crippen LogP contribution in [0.3, 0.4) is 0 Å². The van der Waals surface area contributed by atoms with E-state index in [4.69, 9.17) is 4.74 Å². The number of hydrogen-bond acceptors (Lipinski definition) is 7. The molecule has 3 rings (SSSR count). The molecule has 1 fully saturated rings. The lowest BCUT2D eigenvalue weighted by molar-refractivity contribution is 0.197. The Morgan fingerprint density at radius 1 is 1.54 bits per heavy atom. The highest BCUT2D eigenvalue weighted by atomic mass is 19.1. The van der Waals surface area contributed by atoms with Crippen molar-refractivity contribution in [3.8, 4) is 5.88 Å². The summed E-state index contributed by atoms with van der Waals surface area (Å²) in [4.78, 5) is 17.2. The van der Waals surface area contributed by atoms with Gasteiger partial charge in [-0.15, -0.1) is 0 Å². The molecular weight excluding hydrogens is 347 g/mol. The van der Waals surface area contributed by atoms with Crippen LogP contribution in [-0.2, 0) is 0 Å². The minimum absolute atomic E-state index is 0.00346. The Morgan fingerprint density at radius 2 is 2.38 bits per heavy atom. The van der Waals surface area contributed by atoms with E-state index in [1.807, 2.05) is 5.48 Å². The van der Waals surface area contributed by atoms with Gasteiger partial charge in [-0.25, -0.2) is 18.8 Å². The van der Waals surface area contributed by atoms with Gasteiger partial charge in [-0.2, -0.15) is 0 Å². The summed E-state index contributed by atoms with van der Waals surface area (Å²) in [5, 5.41) is 19.3. The minimum atomic E-state index is -0.361. The van der Waals surface area contributed by atoms with Crippen LogP contribution in [0.4, 0.5) is 14.9 Å². The lowest BCUT2D eigenvalue weighted by Crippen LogP contribution is -2.32. The number of hydroxylamine groups is 1. The molecule has 0 saturated carbocycles. The minimum Gasteiger partial charge on any atom is -0.472 e. The van der Waals surface area contributed by atoms with E-state index in [0.717, 1.165) is 0 Å². The molecule has 26 heavy (non-hydrogen) atoms. The van der Waals surface area contributed by atoms with Crippen molar-refractivity contribution in [1.29, 1.82) is 0 Å². The molecular formula is C15H17FN6O4. The highest BCUT2D eigenvalue weighted by Gasteiger charge is 2.21. The van der Waals surface area contributed by atoms with Crippen LogP contribution in [-0.4, -0.2) is 58.5 Å². The lowest BCUT2D eigenvalue weighted by atomic mass is 10.2. The number of hydrogen-bond donors (Lipinski definition) is 3. The third-order valence-corrected chi connectivity index (χ3v) is 3.72. The van der Waals surface area contributed by atoms with Crippen LogP contribution in [0.25, 0.3) is 0 Å². The maximum Gasteiger partial charge on any atom is 0.317 e. The van der Waals surface area contributed by atoms with Crippen molar-refractivity contribution in [3.63, 3.8) is 0 Å². The molecule has 0 atom stereocenters. The number of rotatable bonds is 6. The van der Waals surface area contributed by atoms with Gasteiger partial charge in [0.05, 0.1) is 12.2 Å². The van der Waals surface area contributed by atoms with Crippen molar-refractivity contribution >= 4 is 17.6 Å². The van der Waals surface area contributed by atoms with Gasteiger partial charge in [0.25, 0.3) is 5.88 Å². The molecule has 0 aliphatic carbocycles. The van der Waals surface area contributed by atoms with E-state index in [0.29, 0.717) is 30.9 Å². The van der Waals surface area contributed by atoms with Gasteiger partial charge in [0, 0.05) is 13.1 Å².